The Balaban J connectivity index is 2.49. The van der Waals surface area contributed by atoms with E-state index in [4.69, 9.17) is 4.74 Å². The fourth-order valence-electron chi connectivity index (χ4n) is 1.14. The molecule has 5 heteroatoms. The molecule has 1 atom stereocenters. The zero-order valence-electron chi connectivity index (χ0n) is 6.45. The van der Waals surface area contributed by atoms with Crippen molar-refractivity contribution in [2.75, 3.05) is 0 Å². The van der Waals surface area contributed by atoms with Gasteiger partial charge in [-0.15, -0.1) is 0 Å². The normalized spacial score (nSPS) is 20.2. The molecule has 1 amide bonds. The fourth-order valence-corrected chi connectivity index (χ4v) is 1.52. The molecule has 0 unspecified atom stereocenters. The highest BCUT2D eigenvalue weighted by Crippen LogP contribution is 2.30. The van der Waals surface area contributed by atoms with Crippen molar-refractivity contribution >= 4 is 22.0 Å². The van der Waals surface area contributed by atoms with E-state index >= 15 is 0 Å². The predicted molar refractivity (Wildman–Crippen MR) is 48.3 cm³/mol. The summed E-state index contributed by atoms with van der Waals surface area (Å²) in [5.41, 5.74) is 0.550. The van der Waals surface area contributed by atoms with Crippen LogP contribution in [0, 0.1) is 0 Å². The minimum atomic E-state index is -0.992. The summed E-state index contributed by atoms with van der Waals surface area (Å²) in [7, 11) is 0. The molecule has 0 spiro atoms. The first-order valence-corrected chi connectivity index (χ1v) is 4.42. The number of ether oxygens (including phenoxy) is 1. The molecule has 1 heterocycles. The average Bonchev–Trinajstić information content (AvgIpc) is 2.06. The number of hydrogen-bond acceptors (Lipinski definition) is 3. The number of carbonyl (C=O) groups excluding carboxylic acids is 1. The first-order chi connectivity index (χ1) is 6.16. The number of carbonyl (C=O) groups is 1. The van der Waals surface area contributed by atoms with Crippen molar-refractivity contribution in [2.45, 2.75) is 6.23 Å². The van der Waals surface area contributed by atoms with E-state index in [1.54, 1.807) is 18.2 Å². The number of fused-ring (bicyclic) bond motifs is 1. The topological polar surface area (TPSA) is 58.6 Å². The molecule has 0 saturated carbocycles. The van der Waals surface area contributed by atoms with Crippen LogP contribution in [0.25, 0.3) is 0 Å². The lowest BCUT2D eigenvalue weighted by Gasteiger charge is -2.21. The Labute approximate surface area is 82.6 Å². The maximum Gasteiger partial charge on any atom is 0.414 e. The number of nitrogens with one attached hydrogen (secondary N) is 1. The number of aliphatic hydroxyl groups is 1. The SMILES string of the molecule is O=C1N[C@H](O)c2cc(Br)ccc2O1. The van der Waals surface area contributed by atoms with Crippen LogP contribution in [0.3, 0.4) is 0 Å². The Morgan fingerprint density at radius 1 is 1.54 bits per heavy atom. The van der Waals surface area contributed by atoms with Crippen LogP contribution in [0.5, 0.6) is 5.75 Å². The molecule has 2 N–H and O–H groups in total. The van der Waals surface area contributed by atoms with Gasteiger partial charge < -0.3 is 9.84 Å². The summed E-state index contributed by atoms with van der Waals surface area (Å²) < 4.78 is 5.65. The van der Waals surface area contributed by atoms with Crippen LogP contribution in [0.2, 0.25) is 0 Å². The van der Waals surface area contributed by atoms with E-state index in [2.05, 4.69) is 21.2 Å². The van der Waals surface area contributed by atoms with Gasteiger partial charge in [0, 0.05) is 10.0 Å². The van der Waals surface area contributed by atoms with E-state index < -0.39 is 12.3 Å². The van der Waals surface area contributed by atoms with Crippen LogP contribution in [-0.2, 0) is 0 Å². The van der Waals surface area contributed by atoms with Gasteiger partial charge in [-0.05, 0) is 18.2 Å². The Bertz CT molecular complexity index is 366. The molecule has 0 aliphatic carbocycles. The van der Waals surface area contributed by atoms with Gasteiger partial charge in [0.05, 0.1) is 0 Å². The van der Waals surface area contributed by atoms with Gasteiger partial charge in [0.15, 0.2) is 6.23 Å². The summed E-state index contributed by atoms with van der Waals surface area (Å²) in [6.45, 7) is 0. The molecule has 4 nitrogen and oxygen atoms in total. The maximum atomic E-state index is 10.8. The number of halogens is 1. The van der Waals surface area contributed by atoms with E-state index in [0.717, 1.165) is 4.47 Å². The molecule has 1 aromatic rings. The molecule has 1 aliphatic heterocycles. The van der Waals surface area contributed by atoms with Crippen molar-refractivity contribution in [3.63, 3.8) is 0 Å². The lowest BCUT2D eigenvalue weighted by molar-refractivity contribution is 0.109. The largest absolute Gasteiger partial charge is 0.414 e. The van der Waals surface area contributed by atoms with Gasteiger partial charge in [-0.1, -0.05) is 15.9 Å². The quantitative estimate of drug-likeness (QED) is 0.727. The van der Waals surface area contributed by atoms with Gasteiger partial charge in [0.25, 0.3) is 0 Å². The summed E-state index contributed by atoms with van der Waals surface area (Å²) >= 11 is 3.25. The third-order valence-electron chi connectivity index (χ3n) is 1.72. The van der Waals surface area contributed by atoms with Crippen molar-refractivity contribution < 1.29 is 14.6 Å². The molecule has 68 valence electrons. The molecular formula is C8H6BrNO3. The van der Waals surface area contributed by atoms with Crippen molar-refractivity contribution in [2.24, 2.45) is 0 Å². The molecule has 0 aromatic heterocycles. The monoisotopic (exact) mass is 243 g/mol. The van der Waals surface area contributed by atoms with Gasteiger partial charge in [0.1, 0.15) is 5.75 Å². The van der Waals surface area contributed by atoms with E-state index in [-0.39, 0.29) is 0 Å². The number of hydrogen-bond donors (Lipinski definition) is 2. The molecule has 2 rings (SSSR count). The minimum absolute atomic E-state index is 0.388. The van der Waals surface area contributed by atoms with Crippen LogP contribution in [0.4, 0.5) is 4.79 Å². The fraction of sp³-hybridized carbons (Fsp3) is 0.125. The molecule has 0 fully saturated rings. The van der Waals surface area contributed by atoms with Crippen LogP contribution in [-0.4, -0.2) is 11.2 Å². The second-order valence-corrected chi connectivity index (χ2v) is 3.53. The van der Waals surface area contributed by atoms with Gasteiger partial charge in [0.2, 0.25) is 0 Å². The van der Waals surface area contributed by atoms with Crippen LogP contribution >= 0.6 is 15.9 Å². The van der Waals surface area contributed by atoms with Crippen molar-refractivity contribution in [3.8, 4) is 5.75 Å². The van der Waals surface area contributed by atoms with Crippen LogP contribution in [0.1, 0.15) is 11.8 Å². The molecule has 1 aromatic carbocycles. The Morgan fingerprint density at radius 2 is 2.31 bits per heavy atom. The van der Waals surface area contributed by atoms with E-state index in [9.17, 15) is 9.90 Å². The Morgan fingerprint density at radius 3 is 3.08 bits per heavy atom. The Hall–Kier alpha value is -1.07. The predicted octanol–water partition coefficient (Wildman–Crippen LogP) is 1.54. The zero-order valence-corrected chi connectivity index (χ0v) is 8.04. The number of amides is 1. The highest BCUT2D eigenvalue weighted by molar-refractivity contribution is 9.10. The average molecular weight is 244 g/mol. The van der Waals surface area contributed by atoms with Crippen molar-refractivity contribution in [1.82, 2.24) is 5.32 Å². The molecule has 0 saturated heterocycles. The highest BCUT2D eigenvalue weighted by atomic mass is 79.9. The maximum absolute atomic E-state index is 10.8. The third kappa shape index (κ3) is 1.52. The van der Waals surface area contributed by atoms with Gasteiger partial charge in [-0.25, -0.2) is 4.79 Å². The smallest absolute Gasteiger partial charge is 0.410 e. The molecule has 13 heavy (non-hydrogen) atoms. The van der Waals surface area contributed by atoms with Crippen LogP contribution in [0.15, 0.2) is 22.7 Å². The summed E-state index contributed by atoms with van der Waals surface area (Å²) in [6.07, 6.45) is -1.63. The third-order valence-corrected chi connectivity index (χ3v) is 2.22. The van der Waals surface area contributed by atoms with Crippen molar-refractivity contribution in [1.29, 1.82) is 0 Å². The minimum Gasteiger partial charge on any atom is -0.410 e. The van der Waals surface area contributed by atoms with Gasteiger partial charge >= 0.3 is 6.09 Å². The summed E-state index contributed by atoms with van der Waals surface area (Å²) in [5.74, 6) is 0.388. The lowest BCUT2D eigenvalue weighted by Crippen LogP contribution is -2.35. The summed E-state index contributed by atoms with van der Waals surface area (Å²) in [5, 5.41) is 11.7. The Kier molecular flexibility index (Phi) is 1.97. The zero-order chi connectivity index (χ0) is 9.42. The number of aliphatic hydroxyl groups excluding tert-OH is 1. The summed E-state index contributed by atoms with van der Waals surface area (Å²) in [4.78, 5) is 10.8. The van der Waals surface area contributed by atoms with Gasteiger partial charge in [-0.3, -0.25) is 5.32 Å². The number of rotatable bonds is 0. The van der Waals surface area contributed by atoms with E-state index in [1.165, 1.54) is 0 Å². The molecule has 1 aliphatic rings. The second kappa shape index (κ2) is 3.01. The van der Waals surface area contributed by atoms with Crippen molar-refractivity contribution in [3.05, 3.63) is 28.2 Å². The first-order valence-electron chi connectivity index (χ1n) is 3.62. The molecule has 0 radical (unpaired) electrons. The number of benzene rings is 1. The first kappa shape index (κ1) is 8.52. The second-order valence-electron chi connectivity index (χ2n) is 2.62. The summed E-state index contributed by atoms with van der Waals surface area (Å²) in [6, 6.07) is 5.06. The highest BCUT2D eigenvalue weighted by Gasteiger charge is 2.23. The molecular weight excluding hydrogens is 238 g/mol. The van der Waals surface area contributed by atoms with E-state index in [0.29, 0.717) is 11.3 Å². The van der Waals surface area contributed by atoms with Gasteiger partial charge in [-0.2, -0.15) is 0 Å². The molecule has 0 bridgehead atoms. The lowest BCUT2D eigenvalue weighted by atomic mass is 10.1. The standard InChI is InChI=1S/C8H6BrNO3/c9-4-1-2-6-5(3-4)7(11)10-8(12)13-6/h1-3,7,11H,(H,10,12)/t7-/m1/s1. The van der Waals surface area contributed by atoms with Crippen LogP contribution < -0.4 is 10.1 Å². The van der Waals surface area contributed by atoms with E-state index in [1.807, 2.05) is 0 Å².